The number of hydrogen-bond donors (Lipinski definition) is 0. The van der Waals surface area contributed by atoms with Crippen molar-refractivity contribution in [2.24, 2.45) is 0 Å². The lowest BCUT2D eigenvalue weighted by Gasteiger charge is -2.07. The van der Waals surface area contributed by atoms with Gasteiger partial charge in [-0.15, -0.1) is 23.1 Å². The lowest BCUT2D eigenvalue weighted by Crippen LogP contribution is -1.92. The molecule has 0 spiro atoms. The Morgan fingerprint density at radius 3 is 3.18 bits per heavy atom. The van der Waals surface area contributed by atoms with E-state index in [4.69, 9.17) is 0 Å². The Kier molecular flexibility index (Phi) is 2.00. The first-order chi connectivity index (χ1) is 5.40. The van der Waals surface area contributed by atoms with E-state index in [1.807, 2.05) is 17.8 Å². The lowest BCUT2D eigenvalue weighted by atomic mass is 10.2. The molecule has 0 fully saturated rings. The van der Waals surface area contributed by atoms with E-state index in [0.717, 1.165) is 17.6 Å². The second kappa shape index (κ2) is 2.99. The fraction of sp³-hybridized carbons (Fsp3) is 0.375. The van der Waals surface area contributed by atoms with E-state index in [1.165, 1.54) is 21.9 Å². The second-order valence-corrected chi connectivity index (χ2v) is 4.98. The summed E-state index contributed by atoms with van der Waals surface area (Å²) in [5, 5.41) is 0. The third-order valence-corrected chi connectivity index (χ3v) is 4.25. The van der Waals surface area contributed by atoms with Gasteiger partial charge in [-0.2, -0.15) is 0 Å². The van der Waals surface area contributed by atoms with Crippen molar-refractivity contribution in [1.29, 1.82) is 0 Å². The monoisotopic (exact) mass is 184 g/mol. The first kappa shape index (κ1) is 7.37. The first-order valence-corrected chi connectivity index (χ1v) is 5.41. The van der Waals surface area contributed by atoms with Gasteiger partial charge in [-0.1, -0.05) is 0 Å². The summed E-state index contributed by atoms with van der Waals surface area (Å²) >= 11 is 3.51. The fourth-order valence-electron chi connectivity index (χ4n) is 1.21. The molecule has 58 valence electrons. The molecule has 0 atom stereocenters. The van der Waals surface area contributed by atoms with Crippen LogP contribution in [-0.2, 0) is 6.42 Å². The molecule has 1 nitrogen and oxygen atoms in total. The molecule has 1 aliphatic heterocycles. The topological polar surface area (TPSA) is 17.1 Å². The van der Waals surface area contributed by atoms with Crippen LogP contribution in [0.2, 0.25) is 0 Å². The average Bonchev–Trinajstić information content (AvgIpc) is 2.46. The number of carbonyl (C=O) groups excluding carboxylic acids is 1. The van der Waals surface area contributed by atoms with Gasteiger partial charge in [0.2, 0.25) is 0 Å². The number of thioether (sulfide) groups is 1. The summed E-state index contributed by atoms with van der Waals surface area (Å²) in [7, 11) is 0. The van der Waals surface area contributed by atoms with E-state index in [-0.39, 0.29) is 0 Å². The van der Waals surface area contributed by atoms with Crippen LogP contribution < -0.4 is 0 Å². The molecule has 1 aliphatic rings. The minimum Gasteiger partial charge on any atom is -0.297 e. The van der Waals surface area contributed by atoms with Crippen LogP contribution in [0, 0.1) is 0 Å². The molecular formula is C8H8OS2. The number of carbonyl (C=O) groups is 1. The Bertz CT molecular complexity index is 254. The summed E-state index contributed by atoms with van der Waals surface area (Å²) in [6.45, 7) is 0. The number of rotatable bonds is 1. The number of fused-ring (bicyclic) bond motifs is 1. The molecular weight excluding hydrogens is 176 g/mol. The highest BCUT2D eigenvalue weighted by Crippen LogP contribution is 2.36. The van der Waals surface area contributed by atoms with Crippen molar-refractivity contribution < 1.29 is 4.79 Å². The summed E-state index contributed by atoms with van der Waals surface area (Å²) < 4.78 is 1.36. The van der Waals surface area contributed by atoms with Gasteiger partial charge in [-0.25, -0.2) is 0 Å². The summed E-state index contributed by atoms with van der Waals surface area (Å²) in [5.41, 5.74) is 1.38. The largest absolute Gasteiger partial charge is 0.297 e. The van der Waals surface area contributed by atoms with E-state index in [2.05, 4.69) is 0 Å². The highest BCUT2D eigenvalue weighted by molar-refractivity contribution is 8.01. The summed E-state index contributed by atoms with van der Waals surface area (Å²) in [5.74, 6) is 1.21. The Hall–Kier alpha value is -0.280. The predicted octanol–water partition coefficient (Wildman–Crippen LogP) is 2.60. The molecule has 0 radical (unpaired) electrons. The summed E-state index contributed by atoms with van der Waals surface area (Å²) in [6, 6.07) is 2.03. The van der Waals surface area contributed by atoms with Gasteiger partial charge in [-0.05, 0) is 30.2 Å². The molecule has 11 heavy (non-hydrogen) atoms. The van der Waals surface area contributed by atoms with E-state index in [0.29, 0.717) is 0 Å². The Balaban J connectivity index is 2.39. The molecule has 0 N–H and O–H groups in total. The third kappa shape index (κ3) is 1.35. The molecule has 0 bridgehead atoms. The van der Waals surface area contributed by atoms with E-state index < -0.39 is 0 Å². The first-order valence-electron chi connectivity index (χ1n) is 3.61. The van der Waals surface area contributed by atoms with Gasteiger partial charge in [-0.3, -0.25) is 4.79 Å². The Morgan fingerprint density at radius 1 is 1.55 bits per heavy atom. The minimum atomic E-state index is 0.879. The van der Waals surface area contributed by atoms with Crippen molar-refractivity contribution in [3.05, 3.63) is 16.5 Å². The van der Waals surface area contributed by atoms with Crippen LogP contribution in [0.15, 0.2) is 10.3 Å². The molecule has 0 saturated heterocycles. The molecule has 0 amide bonds. The van der Waals surface area contributed by atoms with Gasteiger partial charge in [0.15, 0.2) is 6.29 Å². The zero-order valence-electron chi connectivity index (χ0n) is 6.00. The maximum atomic E-state index is 10.4. The van der Waals surface area contributed by atoms with Crippen molar-refractivity contribution >= 4 is 29.4 Å². The van der Waals surface area contributed by atoms with Crippen LogP contribution in [0.5, 0.6) is 0 Å². The van der Waals surface area contributed by atoms with E-state index >= 15 is 0 Å². The Morgan fingerprint density at radius 2 is 2.45 bits per heavy atom. The normalized spacial score (nSPS) is 16.0. The van der Waals surface area contributed by atoms with Crippen molar-refractivity contribution in [1.82, 2.24) is 0 Å². The molecule has 0 saturated carbocycles. The molecule has 2 heterocycles. The van der Waals surface area contributed by atoms with Crippen LogP contribution in [0.3, 0.4) is 0 Å². The van der Waals surface area contributed by atoms with Crippen molar-refractivity contribution in [2.75, 3.05) is 5.75 Å². The quantitative estimate of drug-likeness (QED) is 0.624. The van der Waals surface area contributed by atoms with Crippen molar-refractivity contribution in [3.63, 3.8) is 0 Å². The predicted molar refractivity (Wildman–Crippen MR) is 48.8 cm³/mol. The van der Waals surface area contributed by atoms with Gasteiger partial charge in [0.05, 0.1) is 9.09 Å². The van der Waals surface area contributed by atoms with Gasteiger partial charge >= 0.3 is 0 Å². The van der Waals surface area contributed by atoms with Crippen molar-refractivity contribution in [2.45, 2.75) is 17.1 Å². The number of thiophene rings is 1. The molecule has 1 aromatic rings. The molecule has 0 aliphatic carbocycles. The molecule has 0 unspecified atom stereocenters. The highest BCUT2D eigenvalue weighted by Gasteiger charge is 2.12. The van der Waals surface area contributed by atoms with Gasteiger partial charge in [0.25, 0.3) is 0 Å². The van der Waals surface area contributed by atoms with Crippen LogP contribution >= 0.6 is 23.1 Å². The second-order valence-electron chi connectivity index (χ2n) is 2.53. The average molecular weight is 184 g/mol. The number of aryl methyl sites for hydroxylation is 1. The smallest absolute Gasteiger partial charge is 0.160 e. The highest BCUT2D eigenvalue weighted by atomic mass is 32.2. The maximum absolute atomic E-state index is 10.4. The summed E-state index contributed by atoms with van der Waals surface area (Å²) in [4.78, 5) is 11.3. The standard InChI is InChI=1S/C8H8OS2/c9-5-7-4-6-2-1-3-10-8(6)11-7/h4-5H,1-3H2. The minimum absolute atomic E-state index is 0.879. The fourth-order valence-corrected chi connectivity index (χ4v) is 3.56. The van der Waals surface area contributed by atoms with Crippen LogP contribution in [0.1, 0.15) is 21.7 Å². The molecule has 2 rings (SSSR count). The van der Waals surface area contributed by atoms with Gasteiger partial charge in [0.1, 0.15) is 0 Å². The van der Waals surface area contributed by atoms with Crippen LogP contribution in [-0.4, -0.2) is 12.0 Å². The summed E-state index contributed by atoms with van der Waals surface area (Å²) in [6.07, 6.45) is 3.36. The zero-order chi connectivity index (χ0) is 7.68. The molecule has 3 heteroatoms. The molecule has 1 aromatic heterocycles. The zero-order valence-corrected chi connectivity index (χ0v) is 7.63. The Labute approximate surface area is 73.8 Å². The van der Waals surface area contributed by atoms with E-state index in [1.54, 1.807) is 11.3 Å². The SMILES string of the molecule is O=Cc1cc2c(s1)SCCC2. The van der Waals surface area contributed by atoms with E-state index in [9.17, 15) is 4.79 Å². The molecule has 0 aromatic carbocycles. The van der Waals surface area contributed by atoms with Crippen molar-refractivity contribution in [3.8, 4) is 0 Å². The van der Waals surface area contributed by atoms with Gasteiger partial charge in [0, 0.05) is 0 Å². The van der Waals surface area contributed by atoms with Gasteiger partial charge < -0.3 is 0 Å². The van der Waals surface area contributed by atoms with Crippen LogP contribution in [0.25, 0.3) is 0 Å². The van der Waals surface area contributed by atoms with Crippen LogP contribution in [0.4, 0.5) is 0 Å². The maximum Gasteiger partial charge on any atom is 0.160 e. The number of aldehydes is 1. The number of hydrogen-bond acceptors (Lipinski definition) is 3. The lowest BCUT2D eigenvalue weighted by molar-refractivity contribution is 0.112. The third-order valence-electron chi connectivity index (χ3n) is 1.73.